The fourth-order valence-corrected chi connectivity index (χ4v) is 7.38. The molecule has 10 rings (SSSR count). The highest BCUT2D eigenvalue weighted by molar-refractivity contribution is 6.24. The van der Waals surface area contributed by atoms with E-state index in [2.05, 4.69) is 133 Å². The van der Waals surface area contributed by atoms with Gasteiger partial charge in [-0.05, 0) is 78.8 Å². The second-order valence-electron chi connectivity index (χ2n) is 12.0. The zero-order chi connectivity index (χ0) is 30.2. The van der Waals surface area contributed by atoms with E-state index in [0.29, 0.717) is 0 Å². The lowest BCUT2D eigenvalue weighted by Crippen LogP contribution is -1.91. The van der Waals surface area contributed by atoms with Crippen molar-refractivity contribution in [2.24, 2.45) is 0 Å². The quantitative estimate of drug-likeness (QED) is 0.193. The fraction of sp³-hybridized carbons (Fsp3) is 0. The summed E-state index contributed by atoms with van der Waals surface area (Å²) in [5, 5.41) is 10.7. The summed E-state index contributed by atoms with van der Waals surface area (Å²) in [7, 11) is 0. The Bertz CT molecular complexity index is 2740. The van der Waals surface area contributed by atoms with Gasteiger partial charge in [0.1, 0.15) is 22.5 Å². The van der Waals surface area contributed by atoms with Gasteiger partial charge >= 0.3 is 0 Å². The van der Waals surface area contributed by atoms with Crippen LogP contribution in [0.1, 0.15) is 0 Å². The monoisotopic (exact) mass is 586 g/mol. The molecule has 8 aromatic carbocycles. The van der Waals surface area contributed by atoms with Crippen LogP contribution in [0, 0.1) is 0 Å². The standard InChI is InChI=1S/C44H26O2/c1-2-12-28(13-3-1)40-25-30-24-38-37-23-29(21-22-39(37)45-42(38)26-41(30)46-40)43-33-16-6-8-18-35(33)44(36-19-9-7-17-34(36)43)32-20-10-14-27-11-4-5-15-31(27)32/h1-26H. The van der Waals surface area contributed by atoms with Gasteiger partial charge in [0.15, 0.2) is 0 Å². The van der Waals surface area contributed by atoms with Crippen molar-refractivity contribution in [3.8, 4) is 33.6 Å². The Hall–Kier alpha value is -6.12. The second-order valence-corrected chi connectivity index (χ2v) is 12.0. The molecular formula is C44H26O2. The number of benzene rings is 8. The average Bonchev–Trinajstić information content (AvgIpc) is 3.70. The van der Waals surface area contributed by atoms with Crippen LogP contribution in [0.3, 0.4) is 0 Å². The molecule has 0 saturated carbocycles. The lowest BCUT2D eigenvalue weighted by atomic mass is 9.84. The van der Waals surface area contributed by atoms with Crippen LogP contribution in [0.4, 0.5) is 0 Å². The van der Waals surface area contributed by atoms with Crippen LogP contribution in [0.25, 0.3) is 98.8 Å². The molecule has 0 aliphatic carbocycles. The van der Waals surface area contributed by atoms with Crippen LogP contribution in [0.15, 0.2) is 167 Å². The molecule has 0 bridgehead atoms. The van der Waals surface area contributed by atoms with E-state index in [1.807, 2.05) is 24.3 Å². The molecule has 2 nitrogen and oxygen atoms in total. The van der Waals surface area contributed by atoms with E-state index >= 15 is 0 Å². The smallest absolute Gasteiger partial charge is 0.139 e. The Kier molecular flexibility index (Phi) is 5.31. The lowest BCUT2D eigenvalue weighted by Gasteiger charge is -2.18. The van der Waals surface area contributed by atoms with Crippen LogP contribution in [-0.2, 0) is 0 Å². The summed E-state index contributed by atoms with van der Waals surface area (Å²) in [4.78, 5) is 0. The third-order valence-corrected chi connectivity index (χ3v) is 9.45. The van der Waals surface area contributed by atoms with Crippen LogP contribution in [0.5, 0.6) is 0 Å². The van der Waals surface area contributed by atoms with Crippen LogP contribution in [-0.4, -0.2) is 0 Å². The highest BCUT2D eigenvalue weighted by atomic mass is 16.3. The molecule has 0 saturated heterocycles. The molecule has 46 heavy (non-hydrogen) atoms. The molecule has 0 aliphatic heterocycles. The third kappa shape index (κ3) is 3.71. The summed E-state index contributed by atoms with van der Waals surface area (Å²) in [6.07, 6.45) is 0. The molecule has 2 heterocycles. The maximum Gasteiger partial charge on any atom is 0.139 e. The molecule has 214 valence electrons. The highest BCUT2D eigenvalue weighted by Gasteiger charge is 2.19. The first kappa shape index (κ1) is 25.2. The van der Waals surface area contributed by atoms with Gasteiger partial charge < -0.3 is 8.83 Å². The summed E-state index contributed by atoms with van der Waals surface area (Å²) in [6.45, 7) is 0. The van der Waals surface area contributed by atoms with E-state index in [1.54, 1.807) is 0 Å². The number of hydrogen-bond donors (Lipinski definition) is 0. The van der Waals surface area contributed by atoms with Crippen molar-refractivity contribution < 1.29 is 8.83 Å². The number of hydrogen-bond acceptors (Lipinski definition) is 2. The summed E-state index contributed by atoms with van der Waals surface area (Å²) < 4.78 is 12.7. The van der Waals surface area contributed by atoms with Crippen molar-refractivity contribution in [1.82, 2.24) is 0 Å². The Morgan fingerprint density at radius 3 is 1.70 bits per heavy atom. The molecule has 2 heteroatoms. The first-order valence-electron chi connectivity index (χ1n) is 15.7. The molecule has 0 unspecified atom stereocenters. The lowest BCUT2D eigenvalue weighted by molar-refractivity contribution is 0.628. The summed E-state index contributed by atoms with van der Waals surface area (Å²) in [6, 6.07) is 56.2. The largest absolute Gasteiger partial charge is 0.456 e. The molecular weight excluding hydrogens is 560 g/mol. The minimum atomic E-state index is 0.826. The first-order chi connectivity index (χ1) is 22.8. The van der Waals surface area contributed by atoms with Crippen molar-refractivity contribution in [2.75, 3.05) is 0 Å². The molecule has 0 atom stereocenters. The Morgan fingerprint density at radius 1 is 0.304 bits per heavy atom. The van der Waals surface area contributed by atoms with Crippen molar-refractivity contribution in [3.63, 3.8) is 0 Å². The van der Waals surface area contributed by atoms with Crippen molar-refractivity contribution in [3.05, 3.63) is 158 Å². The number of furan rings is 2. The van der Waals surface area contributed by atoms with Crippen LogP contribution >= 0.6 is 0 Å². The van der Waals surface area contributed by atoms with Gasteiger partial charge in [0.25, 0.3) is 0 Å². The summed E-state index contributed by atoms with van der Waals surface area (Å²) in [5.41, 5.74) is 8.53. The molecule has 0 amide bonds. The SMILES string of the molecule is c1ccc(-c2cc3cc4c(cc3o2)oc2ccc(-c3c5ccccc5c(-c5cccc6ccccc56)c5ccccc35)cc24)cc1. The number of fused-ring (bicyclic) bond motifs is 7. The van der Waals surface area contributed by atoms with Gasteiger partial charge in [0.05, 0.1) is 0 Å². The third-order valence-electron chi connectivity index (χ3n) is 9.45. The molecule has 0 fully saturated rings. The Labute approximate surface area is 264 Å². The molecule has 10 aromatic rings. The normalized spacial score (nSPS) is 11.9. The van der Waals surface area contributed by atoms with Gasteiger partial charge in [-0.25, -0.2) is 0 Å². The van der Waals surface area contributed by atoms with E-state index < -0.39 is 0 Å². The predicted molar refractivity (Wildman–Crippen MR) is 192 cm³/mol. The summed E-state index contributed by atoms with van der Waals surface area (Å²) in [5.74, 6) is 0.859. The van der Waals surface area contributed by atoms with Crippen molar-refractivity contribution in [2.45, 2.75) is 0 Å². The van der Waals surface area contributed by atoms with E-state index in [0.717, 1.165) is 44.2 Å². The van der Waals surface area contributed by atoms with E-state index in [9.17, 15) is 0 Å². The zero-order valence-corrected chi connectivity index (χ0v) is 24.8. The van der Waals surface area contributed by atoms with Gasteiger partial charge in [-0.1, -0.05) is 127 Å². The predicted octanol–water partition coefficient (Wildman–Crippen LogP) is 12.8. The highest BCUT2D eigenvalue weighted by Crippen LogP contribution is 2.46. The topological polar surface area (TPSA) is 26.3 Å². The van der Waals surface area contributed by atoms with Gasteiger partial charge in [-0.2, -0.15) is 0 Å². The minimum Gasteiger partial charge on any atom is -0.456 e. The van der Waals surface area contributed by atoms with E-state index in [4.69, 9.17) is 8.83 Å². The average molecular weight is 587 g/mol. The second kappa shape index (κ2) is 9.69. The van der Waals surface area contributed by atoms with Gasteiger partial charge in [-0.15, -0.1) is 0 Å². The minimum absolute atomic E-state index is 0.826. The van der Waals surface area contributed by atoms with E-state index in [1.165, 1.54) is 54.6 Å². The zero-order valence-electron chi connectivity index (χ0n) is 24.8. The molecule has 0 spiro atoms. The van der Waals surface area contributed by atoms with Gasteiger partial charge in [-0.3, -0.25) is 0 Å². The van der Waals surface area contributed by atoms with Gasteiger partial charge in [0.2, 0.25) is 0 Å². The fourth-order valence-electron chi connectivity index (χ4n) is 7.38. The Morgan fingerprint density at radius 2 is 0.935 bits per heavy atom. The van der Waals surface area contributed by atoms with Crippen LogP contribution < -0.4 is 0 Å². The Balaban J connectivity index is 1.23. The molecule has 0 aliphatic rings. The first-order valence-corrected chi connectivity index (χ1v) is 15.7. The van der Waals surface area contributed by atoms with Crippen molar-refractivity contribution in [1.29, 1.82) is 0 Å². The molecule has 0 radical (unpaired) electrons. The summed E-state index contributed by atoms with van der Waals surface area (Å²) >= 11 is 0. The van der Waals surface area contributed by atoms with Crippen molar-refractivity contribution >= 4 is 65.2 Å². The maximum absolute atomic E-state index is 6.40. The van der Waals surface area contributed by atoms with Gasteiger partial charge in [0, 0.05) is 27.8 Å². The molecule has 2 aromatic heterocycles. The van der Waals surface area contributed by atoms with E-state index in [-0.39, 0.29) is 0 Å². The molecule has 0 N–H and O–H groups in total. The maximum atomic E-state index is 6.40. The number of rotatable bonds is 3. The van der Waals surface area contributed by atoms with Crippen LogP contribution in [0.2, 0.25) is 0 Å².